The van der Waals surface area contributed by atoms with E-state index in [2.05, 4.69) is 5.10 Å². The molecule has 0 saturated heterocycles. The highest BCUT2D eigenvalue weighted by Crippen LogP contribution is 2.32. The van der Waals surface area contributed by atoms with Crippen LogP contribution in [-0.2, 0) is 6.18 Å². The molecule has 4 nitrogen and oxygen atoms in total. The van der Waals surface area contributed by atoms with Crippen LogP contribution in [0.1, 0.15) is 15.9 Å². The number of carbonyl (C=O) groups is 1. The summed E-state index contributed by atoms with van der Waals surface area (Å²) < 4.78 is 51.5. The van der Waals surface area contributed by atoms with E-state index in [-0.39, 0.29) is 11.3 Å². The van der Waals surface area contributed by atoms with Gasteiger partial charge in [-0.05, 0) is 18.2 Å². The van der Waals surface area contributed by atoms with Crippen LogP contribution >= 0.6 is 0 Å². The SMILES string of the molecule is O=C(O)c1cnn(-c2ccc(F)c(C(F)(F)F)c2)c1. The highest BCUT2D eigenvalue weighted by Gasteiger charge is 2.34. The first kappa shape index (κ1) is 13.1. The van der Waals surface area contributed by atoms with Gasteiger partial charge in [0.15, 0.2) is 0 Å². The lowest BCUT2D eigenvalue weighted by Gasteiger charge is -2.09. The lowest BCUT2D eigenvalue weighted by molar-refractivity contribution is -0.140. The Morgan fingerprint density at radius 1 is 1.32 bits per heavy atom. The topological polar surface area (TPSA) is 55.1 Å². The van der Waals surface area contributed by atoms with Crippen LogP contribution in [0.5, 0.6) is 0 Å². The number of nitrogens with zero attached hydrogens (tertiary/aromatic N) is 2. The van der Waals surface area contributed by atoms with Gasteiger partial charge in [-0.1, -0.05) is 0 Å². The summed E-state index contributed by atoms with van der Waals surface area (Å²) >= 11 is 0. The number of rotatable bonds is 2. The van der Waals surface area contributed by atoms with Gasteiger partial charge in [0, 0.05) is 6.20 Å². The molecule has 0 radical (unpaired) electrons. The normalized spacial score (nSPS) is 11.6. The molecule has 0 amide bonds. The van der Waals surface area contributed by atoms with E-state index in [1.165, 1.54) is 0 Å². The van der Waals surface area contributed by atoms with Crippen LogP contribution in [-0.4, -0.2) is 20.9 Å². The maximum atomic E-state index is 13.1. The molecule has 0 spiro atoms. The van der Waals surface area contributed by atoms with E-state index in [1.807, 2.05) is 0 Å². The zero-order valence-corrected chi connectivity index (χ0v) is 9.15. The van der Waals surface area contributed by atoms with Crippen molar-refractivity contribution >= 4 is 5.97 Å². The van der Waals surface area contributed by atoms with E-state index in [0.29, 0.717) is 12.1 Å². The number of aromatic nitrogens is 2. The molecule has 100 valence electrons. The molecule has 8 heteroatoms. The van der Waals surface area contributed by atoms with Crippen molar-refractivity contribution < 1.29 is 27.5 Å². The number of carboxylic acid groups (broad SMARTS) is 1. The van der Waals surface area contributed by atoms with Gasteiger partial charge in [-0.15, -0.1) is 0 Å². The molecule has 0 bridgehead atoms. The smallest absolute Gasteiger partial charge is 0.419 e. The van der Waals surface area contributed by atoms with Crippen molar-refractivity contribution in [2.24, 2.45) is 0 Å². The zero-order chi connectivity index (χ0) is 14.2. The Morgan fingerprint density at radius 2 is 2.00 bits per heavy atom. The lowest BCUT2D eigenvalue weighted by Crippen LogP contribution is -2.09. The van der Waals surface area contributed by atoms with Gasteiger partial charge < -0.3 is 5.11 Å². The van der Waals surface area contributed by atoms with Gasteiger partial charge in [0.25, 0.3) is 0 Å². The predicted octanol–water partition coefficient (Wildman–Crippen LogP) is 2.73. The molecular weight excluding hydrogens is 268 g/mol. The third-order valence-corrected chi connectivity index (χ3v) is 2.35. The van der Waals surface area contributed by atoms with E-state index < -0.39 is 23.5 Å². The minimum Gasteiger partial charge on any atom is -0.478 e. The van der Waals surface area contributed by atoms with Crippen molar-refractivity contribution in [2.75, 3.05) is 0 Å². The van der Waals surface area contributed by atoms with Crippen molar-refractivity contribution in [3.05, 3.63) is 47.5 Å². The van der Waals surface area contributed by atoms with Crippen LogP contribution < -0.4 is 0 Å². The van der Waals surface area contributed by atoms with Crippen molar-refractivity contribution in [1.29, 1.82) is 0 Å². The summed E-state index contributed by atoms with van der Waals surface area (Å²) in [7, 11) is 0. The fourth-order valence-electron chi connectivity index (χ4n) is 1.45. The first-order valence-electron chi connectivity index (χ1n) is 4.94. The molecular formula is C11H6F4N2O2. The summed E-state index contributed by atoms with van der Waals surface area (Å²) in [6.07, 6.45) is -2.81. The van der Waals surface area contributed by atoms with E-state index in [1.54, 1.807) is 0 Å². The minimum absolute atomic E-state index is 0.0822. The largest absolute Gasteiger partial charge is 0.478 e. The minimum atomic E-state index is -4.83. The summed E-state index contributed by atoms with van der Waals surface area (Å²) in [5.41, 5.74) is -1.70. The van der Waals surface area contributed by atoms with Gasteiger partial charge in [0.1, 0.15) is 5.82 Å². The molecule has 19 heavy (non-hydrogen) atoms. The van der Waals surface area contributed by atoms with Crippen LogP contribution in [0.4, 0.5) is 17.6 Å². The summed E-state index contributed by atoms with van der Waals surface area (Å²) in [6.45, 7) is 0. The number of halogens is 4. The van der Waals surface area contributed by atoms with Gasteiger partial charge in [-0.25, -0.2) is 13.9 Å². The molecule has 0 saturated carbocycles. The van der Waals surface area contributed by atoms with Gasteiger partial charge in [0.05, 0.1) is 23.0 Å². The van der Waals surface area contributed by atoms with Gasteiger partial charge in [0.2, 0.25) is 0 Å². The Labute approximate surface area is 103 Å². The van der Waals surface area contributed by atoms with Gasteiger partial charge in [-0.3, -0.25) is 0 Å². The number of aromatic carboxylic acids is 1. The average molecular weight is 274 g/mol. The highest BCUT2D eigenvalue weighted by molar-refractivity contribution is 5.86. The molecule has 0 unspecified atom stereocenters. The van der Waals surface area contributed by atoms with Gasteiger partial charge >= 0.3 is 12.1 Å². The quantitative estimate of drug-likeness (QED) is 0.857. The van der Waals surface area contributed by atoms with Crippen molar-refractivity contribution in [3.63, 3.8) is 0 Å². The maximum Gasteiger partial charge on any atom is 0.419 e. The Balaban J connectivity index is 2.48. The van der Waals surface area contributed by atoms with E-state index >= 15 is 0 Å². The van der Waals surface area contributed by atoms with Crippen LogP contribution in [0.3, 0.4) is 0 Å². The standard InChI is InChI=1S/C11H6F4N2O2/c12-9-2-1-7(3-8(9)11(13,14)15)17-5-6(4-16-17)10(18)19/h1-5H,(H,18,19). The second-order valence-corrected chi connectivity index (χ2v) is 3.64. The second-order valence-electron chi connectivity index (χ2n) is 3.64. The Kier molecular flexibility index (Phi) is 3.01. The molecule has 1 aromatic heterocycles. The van der Waals surface area contributed by atoms with E-state index in [4.69, 9.17) is 5.11 Å². The van der Waals surface area contributed by atoms with Crippen LogP contribution in [0.15, 0.2) is 30.6 Å². The van der Waals surface area contributed by atoms with Crippen molar-refractivity contribution in [3.8, 4) is 5.69 Å². The van der Waals surface area contributed by atoms with Crippen molar-refractivity contribution in [1.82, 2.24) is 9.78 Å². The summed E-state index contributed by atoms with van der Waals surface area (Å²) in [5, 5.41) is 12.3. The fourth-order valence-corrected chi connectivity index (χ4v) is 1.45. The summed E-state index contributed by atoms with van der Waals surface area (Å²) in [6, 6.07) is 2.29. The molecule has 2 rings (SSSR count). The number of hydrogen-bond donors (Lipinski definition) is 1. The molecule has 1 N–H and O–H groups in total. The number of carboxylic acids is 1. The number of alkyl halides is 3. The predicted molar refractivity (Wildman–Crippen MR) is 55.5 cm³/mol. The maximum absolute atomic E-state index is 13.1. The van der Waals surface area contributed by atoms with Crippen LogP contribution in [0.25, 0.3) is 5.69 Å². The lowest BCUT2D eigenvalue weighted by atomic mass is 10.2. The van der Waals surface area contributed by atoms with Crippen molar-refractivity contribution in [2.45, 2.75) is 6.18 Å². The summed E-state index contributed by atoms with van der Waals surface area (Å²) in [4.78, 5) is 10.6. The Morgan fingerprint density at radius 3 is 2.53 bits per heavy atom. The summed E-state index contributed by atoms with van der Waals surface area (Å²) in [5.74, 6) is -2.66. The van der Waals surface area contributed by atoms with Gasteiger partial charge in [-0.2, -0.15) is 18.3 Å². The fraction of sp³-hybridized carbons (Fsp3) is 0.0909. The molecule has 0 atom stereocenters. The first-order valence-corrected chi connectivity index (χ1v) is 4.94. The highest BCUT2D eigenvalue weighted by atomic mass is 19.4. The van der Waals surface area contributed by atoms with Crippen LogP contribution in [0, 0.1) is 5.82 Å². The molecule has 0 aliphatic rings. The number of hydrogen-bond acceptors (Lipinski definition) is 2. The molecule has 0 aliphatic carbocycles. The molecule has 1 aromatic carbocycles. The third-order valence-electron chi connectivity index (χ3n) is 2.35. The second kappa shape index (κ2) is 4.38. The third kappa shape index (κ3) is 2.56. The molecule has 1 heterocycles. The Bertz CT molecular complexity index is 634. The first-order chi connectivity index (χ1) is 8.79. The van der Waals surface area contributed by atoms with E-state index in [0.717, 1.165) is 23.1 Å². The van der Waals surface area contributed by atoms with E-state index in [9.17, 15) is 22.4 Å². The molecule has 0 fully saturated rings. The Hall–Kier alpha value is -2.38. The monoisotopic (exact) mass is 274 g/mol. The average Bonchev–Trinajstić information content (AvgIpc) is 2.77. The number of benzene rings is 1. The molecule has 0 aliphatic heterocycles. The zero-order valence-electron chi connectivity index (χ0n) is 9.15. The van der Waals surface area contributed by atoms with Crippen LogP contribution in [0.2, 0.25) is 0 Å². The molecule has 2 aromatic rings.